The van der Waals surface area contributed by atoms with Crippen molar-refractivity contribution in [1.29, 1.82) is 0 Å². The number of hydrogen-bond donors (Lipinski definition) is 1. The molecule has 50 heavy (non-hydrogen) atoms. The van der Waals surface area contributed by atoms with E-state index in [0.29, 0.717) is 27.8 Å². The number of halogens is 2. The molecule has 0 saturated heterocycles. The van der Waals surface area contributed by atoms with Gasteiger partial charge < -0.3 is 19.7 Å². The molecule has 4 aromatic carbocycles. The molecule has 266 valence electrons. The number of methoxy groups -OCH3 is 2. The predicted octanol–water partition coefficient (Wildman–Crippen LogP) is 7.38. The highest BCUT2D eigenvalue weighted by Crippen LogP contribution is 2.34. The third kappa shape index (κ3) is 9.29. The van der Waals surface area contributed by atoms with Crippen LogP contribution >= 0.6 is 23.2 Å². The Hall–Kier alpha value is -4.25. The maximum atomic E-state index is 14.8. The smallest absolute Gasteiger partial charge is 0.264 e. The summed E-state index contributed by atoms with van der Waals surface area (Å²) in [6.45, 7) is 6.74. The predicted molar refractivity (Wildman–Crippen MR) is 199 cm³/mol. The fourth-order valence-electron chi connectivity index (χ4n) is 5.58. The first kappa shape index (κ1) is 38.6. The highest BCUT2D eigenvalue weighted by Gasteiger charge is 2.36. The van der Waals surface area contributed by atoms with Crippen LogP contribution in [-0.4, -0.2) is 58.0 Å². The molecule has 4 rings (SSSR count). The van der Waals surface area contributed by atoms with E-state index in [4.69, 9.17) is 32.7 Å². The van der Waals surface area contributed by atoms with E-state index in [1.54, 1.807) is 30.3 Å². The summed E-state index contributed by atoms with van der Waals surface area (Å²) >= 11 is 13.2. The van der Waals surface area contributed by atoms with Crippen molar-refractivity contribution in [2.24, 2.45) is 0 Å². The zero-order chi connectivity index (χ0) is 36.6. The topological polar surface area (TPSA) is 105 Å². The molecule has 0 radical (unpaired) electrons. The summed E-state index contributed by atoms with van der Waals surface area (Å²) < 4.78 is 40.9. The van der Waals surface area contributed by atoms with E-state index in [-0.39, 0.29) is 41.2 Å². The minimum Gasteiger partial charge on any atom is -0.493 e. The average Bonchev–Trinajstić information content (AvgIpc) is 3.09. The van der Waals surface area contributed by atoms with Crippen molar-refractivity contribution in [3.63, 3.8) is 0 Å². The van der Waals surface area contributed by atoms with E-state index in [2.05, 4.69) is 5.32 Å². The summed E-state index contributed by atoms with van der Waals surface area (Å²) in [5, 5.41) is 3.63. The fourth-order valence-corrected chi connectivity index (χ4v) is 7.51. The Labute approximate surface area is 305 Å². The number of benzene rings is 4. The van der Waals surface area contributed by atoms with Crippen molar-refractivity contribution in [2.45, 2.75) is 64.1 Å². The second-order valence-electron chi connectivity index (χ2n) is 12.1. The van der Waals surface area contributed by atoms with Gasteiger partial charge in [0.2, 0.25) is 11.8 Å². The van der Waals surface area contributed by atoms with Crippen LogP contribution in [0.2, 0.25) is 10.0 Å². The summed E-state index contributed by atoms with van der Waals surface area (Å²) in [5.41, 5.74) is 3.12. The number of carbonyl (C=O) groups is 2. The molecule has 0 aliphatic heterocycles. The second-order valence-corrected chi connectivity index (χ2v) is 14.8. The van der Waals surface area contributed by atoms with Gasteiger partial charge in [-0.05, 0) is 80.3 Å². The number of anilines is 1. The molecule has 2 amide bonds. The van der Waals surface area contributed by atoms with Crippen molar-refractivity contribution >= 4 is 50.7 Å². The highest BCUT2D eigenvalue weighted by atomic mass is 35.5. The van der Waals surface area contributed by atoms with Crippen LogP contribution in [0.25, 0.3) is 0 Å². The number of carbonyl (C=O) groups excluding carboxylic acids is 2. The van der Waals surface area contributed by atoms with Crippen LogP contribution in [0.1, 0.15) is 42.5 Å². The molecule has 0 aliphatic rings. The molecule has 0 heterocycles. The second kappa shape index (κ2) is 17.1. The van der Waals surface area contributed by atoms with E-state index < -0.39 is 28.5 Å². The molecule has 0 bridgehead atoms. The Bertz CT molecular complexity index is 1880. The molecule has 2 atom stereocenters. The van der Waals surface area contributed by atoms with Crippen LogP contribution in [0, 0.1) is 13.8 Å². The minimum atomic E-state index is -4.39. The standard InChI is InChI=1S/C38H43Cl2N3O6S/c1-7-27(4)41-38(45)34(21-28-12-9-8-10-13-28)42(23-31-32(39)14-11-15-33(31)40)37(44)24-43(29-19-25(2)18-26(3)20-29)50(46,47)30-16-17-35(48-5)36(22-30)49-6/h8-20,22,27,34H,7,21,23-24H2,1-6H3,(H,41,45)/t27-,34-/m1/s1. The number of ether oxygens (including phenoxy) is 2. The number of aryl methyl sites for hydroxylation is 2. The van der Waals surface area contributed by atoms with E-state index in [1.807, 2.05) is 64.1 Å². The quantitative estimate of drug-likeness (QED) is 0.137. The molecule has 12 heteroatoms. The maximum absolute atomic E-state index is 14.8. The van der Waals surface area contributed by atoms with Gasteiger partial charge in [-0.3, -0.25) is 13.9 Å². The number of hydrogen-bond acceptors (Lipinski definition) is 6. The van der Waals surface area contributed by atoms with Gasteiger partial charge in [0.1, 0.15) is 12.6 Å². The Morgan fingerprint density at radius 2 is 1.46 bits per heavy atom. The van der Waals surface area contributed by atoms with Gasteiger partial charge in [0.15, 0.2) is 11.5 Å². The molecular weight excluding hydrogens is 697 g/mol. The minimum absolute atomic E-state index is 0.113. The zero-order valence-electron chi connectivity index (χ0n) is 29.1. The molecule has 4 aromatic rings. The van der Waals surface area contributed by atoms with Crippen molar-refractivity contribution in [3.8, 4) is 11.5 Å². The number of nitrogens with zero attached hydrogens (tertiary/aromatic N) is 2. The van der Waals surface area contributed by atoms with Gasteiger partial charge in [0.05, 0.1) is 24.8 Å². The van der Waals surface area contributed by atoms with Gasteiger partial charge in [-0.1, -0.05) is 72.6 Å². The molecule has 0 fully saturated rings. The van der Waals surface area contributed by atoms with Crippen LogP contribution in [0.15, 0.2) is 89.8 Å². The summed E-state index contributed by atoms with van der Waals surface area (Å²) in [5.74, 6) is -0.468. The largest absolute Gasteiger partial charge is 0.493 e. The Balaban J connectivity index is 1.89. The van der Waals surface area contributed by atoms with Crippen molar-refractivity contribution < 1.29 is 27.5 Å². The first-order valence-electron chi connectivity index (χ1n) is 16.2. The van der Waals surface area contributed by atoms with E-state index >= 15 is 0 Å². The normalized spacial score (nSPS) is 12.5. The van der Waals surface area contributed by atoms with E-state index in [9.17, 15) is 18.0 Å². The summed E-state index contributed by atoms with van der Waals surface area (Å²) in [6, 6.07) is 22.6. The summed E-state index contributed by atoms with van der Waals surface area (Å²) in [4.78, 5) is 30.2. The molecule has 0 aromatic heterocycles. The van der Waals surface area contributed by atoms with Gasteiger partial charge >= 0.3 is 0 Å². The van der Waals surface area contributed by atoms with Gasteiger partial charge in [-0.25, -0.2) is 8.42 Å². The van der Waals surface area contributed by atoms with Crippen LogP contribution in [-0.2, 0) is 32.6 Å². The van der Waals surface area contributed by atoms with Gasteiger partial charge in [0.25, 0.3) is 10.0 Å². The average molecular weight is 741 g/mol. The van der Waals surface area contributed by atoms with Crippen LogP contribution in [0.5, 0.6) is 11.5 Å². The van der Waals surface area contributed by atoms with Gasteiger partial charge in [-0.15, -0.1) is 0 Å². The van der Waals surface area contributed by atoms with Gasteiger partial charge in [0, 0.05) is 40.7 Å². The maximum Gasteiger partial charge on any atom is 0.264 e. The summed E-state index contributed by atoms with van der Waals surface area (Å²) in [7, 11) is -1.53. The monoisotopic (exact) mass is 739 g/mol. The third-order valence-electron chi connectivity index (χ3n) is 8.38. The molecule has 0 unspecified atom stereocenters. The first-order valence-corrected chi connectivity index (χ1v) is 18.4. The zero-order valence-corrected chi connectivity index (χ0v) is 31.4. The lowest BCUT2D eigenvalue weighted by Gasteiger charge is -2.34. The molecule has 1 N–H and O–H groups in total. The van der Waals surface area contributed by atoms with Gasteiger partial charge in [-0.2, -0.15) is 0 Å². The van der Waals surface area contributed by atoms with E-state index in [0.717, 1.165) is 21.0 Å². The number of nitrogens with one attached hydrogen (secondary N) is 1. The van der Waals surface area contributed by atoms with E-state index in [1.165, 1.54) is 37.3 Å². The molecule has 0 aliphatic carbocycles. The molecule has 0 spiro atoms. The number of sulfonamides is 1. The lowest BCUT2D eigenvalue weighted by molar-refractivity contribution is -0.140. The van der Waals surface area contributed by atoms with Crippen molar-refractivity contribution in [1.82, 2.24) is 10.2 Å². The van der Waals surface area contributed by atoms with Crippen LogP contribution < -0.4 is 19.1 Å². The highest BCUT2D eigenvalue weighted by molar-refractivity contribution is 7.92. The lowest BCUT2D eigenvalue weighted by Crippen LogP contribution is -2.54. The Kier molecular flexibility index (Phi) is 13.2. The van der Waals surface area contributed by atoms with Crippen LogP contribution in [0.4, 0.5) is 5.69 Å². The molecular formula is C38H43Cl2N3O6S. The lowest BCUT2D eigenvalue weighted by atomic mass is 10.0. The Morgan fingerprint density at radius 3 is 2.04 bits per heavy atom. The number of rotatable bonds is 15. The van der Waals surface area contributed by atoms with Crippen molar-refractivity contribution in [2.75, 3.05) is 25.1 Å². The Morgan fingerprint density at radius 1 is 0.840 bits per heavy atom. The third-order valence-corrected chi connectivity index (χ3v) is 10.9. The first-order chi connectivity index (χ1) is 23.8. The number of amides is 2. The molecule has 9 nitrogen and oxygen atoms in total. The summed E-state index contributed by atoms with van der Waals surface area (Å²) in [6.07, 6.45) is 0.820. The SMILES string of the molecule is CC[C@@H](C)NC(=O)[C@@H](Cc1ccccc1)N(Cc1c(Cl)cccc1Cl)C(=O)CN(c1cc(C)cc(C)c1)S(=O)(=O)c1ccc(OC)c(OC)c1. The fraction of sp³-hybridized carbons (Fsp3) is 0.316. The van der Waals surface area contributed by atoms with Crippen LogP contribution in [0.3, 0.4) is 0 Å². The molecule has 0 saturated carbocycles. The van der Waals surface area contributed by atoms with Crippen molar-refractivity contribution in [3.05, 3.63) is 117 Å².